The number of hydrogen-bond acceptors (Lipinski definition) is 2. The second-order valence-corrected chi connectivity index (χ2v) is 5.22. The predicted octanol–water partition coefficient (Wildman–Crippen LogP) is 4.11. The van der Waals surface area contributed by atoms with Crippen molar-refractivity contribution in [2.24, 2.45) is 0 Å². The molecule has 0 amide bonds. The molecule has 3 nitrogen and oxygen atoms in total. The summed E-state index contributed by atoms with van der Waals surface area (Å²) < 4.78 is 2.17. The summed E-state index contributed by atoms with van der Waals surface area (Å²) in [5.74, 6) is 0.843. The maximum Gasteiger partial charge on any atom is 0.137 e. The molecule has 0 radical (unpaired) electrons. The molecular weight excluding hydrogens is 272 g/mol. The lowest BCUT2D eigenvalue weighted by Gasteiger charge is -2.09. The second kappa shape index (κ2) is 6.16. The van der Waals surface area contributed by atoms with Crippen LogP contribution in [0.2, 0.25) is 0 Å². The van der Waals surface area contributed by atoms with Gasteiger partial charge in [-0.3, -0.25) is 4.57 Å². The number of nitrogens with zero attached hydrogens (tertiary/aromatic N) is 2. The predicted molar refractivity (Wildman–Crippen MR) is 91.1 cm³/mol. The molecule has 3 aromatic rings. The van der Waals surface area contributed by atoms with E-state index in [0.29, 0.717) is 5.69 Å². The first-order chi connectivity index (χ1) is 10.8. The molecule has 112 valence electrons. The van der Waals surface area contributed by atoms with E-state index in [1.165, 1.54) is 10.9 Å². The Morgan fingerprint density at radius 3 is 2.68 bits per heavy atom. The first-order valence-electron chi connectivity index (χ1n) is 7.62. The Morgan fingerprint density at radius 2 is 1.95 bits per heavy atom. The summed E-state index contributed by atoms with van der Waals surface area (Å²) in [5, 5.41) is 10.6. The summed E-state index contributed by atoms with van der Waals surface area (Å²) in [6.45, 7) is 4.16. The van der Waals surface area contributed by atoms with Gasteiger partial charge >= 0.3 is 0 Å². The van der Waals surface area contributed by atoms with Crippen LogP contribution in [0.15, 0.2) is 48.5 Å². The maximum atomic E-state index is 9.36. The van der Waals surface area contributed by atoms with Crippen molar-refractivity contribution in [1.82, 2.24) is 9.55 Å². The normalized spacial score (nSPS) is 11.6. The highest BCUT2D eigenvalue weighted by molar-refractivity contribution is 5.89. The van der Waals surface area contributed by atoms with Crippen molar-refractivity contribution >= 4 is 17.0 Å². The number of aryl methyl sites for hydroxylation is 1. The van der Waals surface area contributed by atoms with Gasteiger partial charge in [-0.25, -0.2) is 4.98 Å². The standard InChI is InChI=1S/C19H20N2O/c1-3-8-17-15(4-2)16-10-5-6-11-18(16)21(17)19-12-7-9-14(13-22)20-19/h3,5-12,22H,4,13H2,1-2H3/b8-3-. The van der Waals surface area contributed by atoms with Crippen LogP contribution in [0.3, 0.4) is 0 Å². The molecule has 0 saturated carbocycles. The Hall–Kier alpha value is -2.39. The molecular formula is C19H20N2O. The van der Waals surface area contributed by atoms with Crippen LogP contribution in [0.25, 0.3) is 22.8 Å². The van der Waals surface area contributed by atoms with Gasteiger partial charge in [0.1, 0.15) is 5.82 Å². The molecule has 3 heteroatoms. The molecule has 0 aliphatic carbocycles. The number of para-hydroxylation sites is 1. The SMILES string of the molecule is C/C=C\c1c(CC)c2ccccc2n1-c1cccc(CO)n1. The second-order valence-electron chi connectivity index (χ2n) is 5.22. The number of pyridine rings is 1. The van der Waals surface area contributed by atoms with Crippen LogP contribution in [0.1, 0.15) is 30.8 Å². The zero-order valence-electron chi connectivity index (χ0n) is 13.0. The quantitative estimate of drug-likeness (QED) is 0.785. The fraction of sp³-hybridized carbons (Fsp3) is 0.211. The van der Waals surface area contributed by atoms with E-state index < -0.39 is 0 Å². The van der Waals surface area contributed by atoms with Crippen LogP contribution in [0.4, 0.5) is 0 Å². The third-order valence-corrected chi connectivity index (χ3v) is 3.88. The number of hydrogen-bond donors (Lipinski definition) is 1. The minimum absolute atomic E-state index is 0.0490. The molecule has 0 aliphatic rings. The summed E-state index contributed by atoms with van der Waals surface area (Å²) in [5.41, 5.74) is 4.31. The number of allylic oxidation sites excluding steroid dienone is 1. The molecule has 0 atom stereocenters. The van der Waals surface area contributed by atoms with Crippen LogP contribution in [-0.2, 0) is 13.0 Å². The van der Waals surface area contributed by atoms with Crippen molar-refractivity contribution in [3.05, 3.63) is 65.5 Å². The van der Waals surface area contributed by atoms with Crippen LogP contribution in [0, 0.1) is 0 Å². The van der Waals surface area contributed by atoms with Gasteiger partial charge in [0.2, 0.25) is 0 Å². The van der Waals surface area contributed by atoms with Gasteiger partial charge in [-0.1, -0.05) is 37.3 Å². The van der Waals surface area contributed by atoms with E-state index in [4.69, 9.17) is 0 Å². The number of rotatable bonds is 4. The van der Waals surface area contributed by atoms with Gasteiger partial charge in [0, 0.05) is 5.39 Å². The van der Waals surface area contributed by atoms with Gasteiger partial charge in [0.15, 0.2) is 0 Å². The van der Waals surface area contributed by atoms with Gasteiger partial charge < -0.3 is 5.11 Å². The number of aliphatic hydroxyl groups is 1. The van der Waals surface area contributed by atoms with Gasteiger partial charge in [-0.2, -0.15) is 0 Å². The van der Waals surface area contributed by atoms with E-state index in [1.807, 2.05) is 31.2 Å². The van der Waals surface area contributed by atoms with Crippen molar-refractivity contribution in [2.75, 3.05) is 0 Å². The molecule has 2 heterocycles. The third-order valence-electron chi connectivity index (χ3n) is 3.88. The lowest BCUT2D eigenvalue weighted by atomic mass is 10.1. The largest absolute Gasteiger partial charge is 0.390 e. The molecule has 0 saturated heterocycles. The van der Waals surface area contributed by atoms with Crippen molar-refractivity contribution in [1.29, 1.82) is 0 Å². The molecule has 3 rings (SSSR count). The Bertz CT molecular complexity index is 831. The highest BCUT2D eigenvalue weighted by Gasteiger charge is 2.15. The van der Waals surface area contributed by atoms with E-state index in [9.17, 15) is 5.11 Å². The Labute approximate surface area is 130 Å². The topological polar surface area (TPSA) is 38.0 Å². The lowest BCUT2D eigenvalue weighted by Crippen LogP contribution is -2.02. The number of aliphatic hydroxyl groups excluding tert-OH is 1. The summed E-state index contributed by atoms with van der Waals surface area (Å²) in [6, 6.07) is 14.2. The summed E-state index contributed by atoms with van der Waals surface area (Å²) in [7, 11) is 0. The molecule has 0 bridgehead atoms. The number of aromatic nitrogens is 2. The fourth-order valence-electron chi connectivity index (χ4n) is 2.96. The maximum absolute atomic E-state index is 9.36. The molecule has 0 fully saturated rings. The number of benzene rings is 1. The molecule has 1 N–H and O–H groups in total. The summed E-state index contributed by atoms with van der Waals surface area (Å²) >= 11 is 0. The van der Waals surface area contributed by atoms with Gasteiger partial charge in [-0.15, -0.1) is 0 Å². The average molecular weight is 292 g/mol. The Balaban J connectivity index is 2.38. The average Bonchev–Trinajstić information content (AvgIpc) is 2.88. The molecule has 0 unspecified atom stereocenters. The van der Waals surface area contributed by atoms with Crippen molar-refractivity contribution in [3.8, 4) is 5.82 Å². The van der Waals surface area contributed by atoms with E-state index in [0.717, 1.165) is 23.4 Å². The van der Waals surface area contributed by atoms with Crippen LogP contribution in [0.5, 0.6) is 0 Å². The first-order valence-corrected chi connectivity index (χ1v) is 7.62. The molecule has 0 spiro atoms. The minimum atomic E-state index is -0.0490. The van der Waals surface area contributed by atoms with Crippen LogP contribution in [-0.4, -0.2) is 14.7 Å². The van der Waals surface area contributed by atoms with E-state index in [1.54, 1.807) is 0 Å². The summed E-state index contributed by atoms with van der Waals surface area (Å²) in [4.78, 5) is 4.58. The first kappa shape index (κ1) is 14.5. The highest BCUT2D eigenvalue weighted by atomic mass is 16.3. The van der Waals surface area contributed by atoms with Crippen molar-refractivity contribution in [3.63, 3.8) is 0 Å². The molecule has 2 aromatic heterocycles. The Kier molecular flexibility index (Phi) is 4.07. The van der Waals surface area contributed by atoms with Gasteiger partial charge in [0.25, 0.3) is 0 Å². The van der Waals surface area contributed by atoms with Crippen molar-refractivity contribution in [2.45, 2.75) is 26.9 Å². The lowest BCUT2D eigenvalue weighted by molar-refractivity contribution is 0.277. The smallest absolute Gasteiger partial charge is 0.137 e. The molecule has 1 aromatic carbocycles. The third kappa shape index (κ3) is 2.34. The zero-order valence-corrected chi connectivity index (χ0v) is 13.0. The highest BCUT2D eigenvalue weighted by Crippen LogP contribution is 2.30. The fourth-order valence-corrected chi connectivity index (χ4v) is 2.96. The number of fused-ring (bicyclic) bond motifs is 1. The molecule has 22 heavy (non-hydrogen) atoms. The Morgan fingerprint density at radius 1 is 1.14 bits per heavy atom. The minimum Gasteiger partial charge on any atom is -0.390 e. The van der Waals surface area contributed by atoms with Crippen LogP contribution < -0.4 is 0 Å². The summed E-state index contributed by atoms with van der Waals surface area (Å²) in [6.07, 6.45) is 5.15. The van der Waals surface area contributed by atoms with E-state index in [2.05, 4.69) is 46.8 Å². The van der Waals surface area contributed by atoms with E-state index in [-0.39, 0.29) is 6.61 Å². The van der Waals surface area contributed by atoms with Gasteiger partial charge in [-0.05, 0) is 43.2 Å². The van der Waals surface area contributed by atoms with Crippen LogP contribution >= 0.6 is 0 Å². The zero-order chi connectivity index (χ0) is 15.5. The van der Waals surface area contributed by atoms with Crippen molar-refractivity contribution < 1.29 is 5.11 Å². The van der Waals surface area contributed by atoms with Gasteiger partial charge in [0.05, 0.1) is 23.5 Å². The molecule has 0 aliphatic heterocycles. The monoisotopic (exact) mass is 292 g/mol. The van der Waals surface area contributed by atoms with E-state index >= 15 is 0 Å².